The van der Waals surface area contributed by atoms with E-state index in [0.717, 1.165) is 11.8 Å². The molecule has 25 heavy (non-hydrogen) atoms. The molecule has 1 aliphatic rings. The molecule has 1 fully saturated rings. The van der Waals surface area contributed by atoms with Crippen molar-refractivity contribution in [2.24, 2.45) is 5.73 Å². The molecule has 0 aliphatic carbocycles. The number of ether oxygens (including phenoxy) is 1. The Bertz CT molecular complexity index is 715. The lowest BCUT2D eigenvalue weighted by Crippen LogP contribution is -2.49. The van der Waals surface area contributed by atoms with E-state index in [-0.39, 0.29) is 36.6 Å². The Hall–Kier alpha value is -0.570. The molecule has 1 aromatic rings. The maximum atomic E-state index is 12.4. The van der Waals surface area contributed by atoms with Crippen molar-refractivity contribution in [3.63, 3.8) is 0 Å². The highest BCUT2D eigenvalue weighted by molar-refractivity contribution is 7.90. The molecule has 2 N–H and O–H groups in total. The molecule has 2 rings (SSSR count). The average molecular weight is 432 g/mol. The largest absolute Gasteiger partial charge is 0.370 e. The minimum Gasteiger partial charge on any atom is -0.370 e. The summed E-state index contributed by atoms with van der Waals surface area (Å²) in [4.78, 5) is 14.0. The fourth-order valence-electron chi connectivity index (χ4n) is 2.46. The van der Waals surface area contributed by atoms with Gasteiger partial charge in [-0.25, -0.2) is 8.42 Å². The summed E-state index contributed by atoms with van der Waals surface area (Å²) >= 11 is 11.9. The molecule has 0 saturated carbocycles. The van der Waals surface area contributed by atoms with E-state index in [0.29, 0.717) is 29.7 Å². The highest BCUT2D eigenvalue weighted by atomic mass is 35.5. The number of amides is 1. The van der Waals surface area contributed by atoms with E-state index < -0.39 is 15.9 Å². The smallest absolute Gasteiger partial charge is 0.239 e. The Balaban J connectivity index is 0.00000312. The van der Waals surface area contributed by atoms with Crippen LogP contribution in [0.5, 0.6) is 0 Å². The summed E-state index contributed by atoms with van der Waals surface area (Å²) < 4.78 is 28.1. The summed E-state index contributed by atoms with van der Waals surface area (Å²) in [5.41, 5.74) is 6.67. The molecule has 1 aromatic carbocycles. The number of morpholine rings is 1. The van der Waals surface area contributed by atoms with Gasteiger partial charge in [0.25, 0.3) is 0 Å². The van der Waals surface area contributed by atoms with Gasteiger partial charge in [-0.3, -0.25) is 4.79 Å². The number of rotatable bonds is 5. The van der Waals surface area contributed by atoms with Crippen LogP contribution in [0.4, 0.5) is 0 Å². The number of nitrogens with zero attached hydrogens (tertiary/aromatic N) is 1. The third-order valence-corrected chi connectivity index (χ3v) is 5.53. The van der Waals surface area contributed by atoms with E-state index in [1.165, 1.54) is 0 Å². The fraction of sp³-hybridized carbons (Fsp3) is 0.533. The quantitative estimate of drug-likeness (QED) is 0.771. The van der Waals surface area contributed by atoms with Crippen molar-refractivity contribution in [1.29, 1.82) is 0 Å². The summed E-state index contributed by atoms with van der Waals surface area (Å²) in [7, 11) is -3.15. The van der Waals surface area contributed by atoms with Gasteiger partial charge in [0.15, 0.2) is 0 Å². The standard InChI is InChI=1S/C15H20Cl2N2O4S.ClH/c1-24(21,22)7-4-13(18)15(20)19-5-6-23-14(9-19)10-2-3-11(16)12(17)8-10;/h2-3,8,13-14H,4-7,9,18H2,1H3;1H. The lowest BCUT2D eigenvalue weighted by atomic mass is 10.1. The number of carbonyl (C=O) groups excluding carboxylic acids is 1. The van der Waals surface area contributed by atoms with Crippen LogP contribution in [-0.2, 0) is 19.4 Å². The van der Waals surface area contributed by atoms with Gasteiger partial charge < -0.3 is 15.4 Å². The van der Waals surface area contributed by atoms with Crippen LogP contribution >= 0.6 is 35.6 Å². The molecule has 0 radical (unpaired) electrons. The molecular formula is C15H21Cl3N2O4S. The van der Waals surface area contributed by atoms with Crippen LogP contribution in [0.25, 0.3) is 0 Å². The van der Waals surface area contributed by atoms with Gasteiger partial charge in [-0.2, -0.15) is 0 Å². The van der Waals surface area contributed by atoms with Crippen LogP contribution in [0, 0.1) is 0 Å². The number of nitrogens with two attached hydrogens (primary N) is 1. The molecule has 6 nitrogen and oxygen atoms in total. The first-order valence-corrected chi connectivity index (χ1v) is 10.3. The second kappa shape index (κ2) is 9.39. The van der Waals surface area contributed by atoms with Gasteiger partial charge in [-0.15, -0.1) is 12.4 Å². The van der Waals surface area contributed by atoms with Crippen LogP contribution in [0.1, 0.15) is 18.1 Å². The molecule has 2 atom stereocenters. The van der Waals surface area contributed by atoms with Gasteiger partial charge in [0.05, 0.1) is 35.0 Å². The van der Waals surface area contributed by atoms with Crippen molar-refractivity contribution < 1.29 is 17.9 Å². The Morgan fingerprint density at radius 2 is 2.08 bits per heavy atom. The van der Waals surface area contributed by atoms with Gasteiger partial charge in [0.2, 0.25) is 5.91 Å². The predicted molar refractivity (Wildman–Crippen MR) is 101 cm³/mol. The normalized spacial score (nSPS) is 19.2. The molecule has 1 heterocycles. The van der Waals surface area contributed by atoms with Gasteiger partial charge in [-0.05, 0) is 24.1 Å². The number of hydrogen-bond acceptors (Lipinski definition) is 5. The van der Waals surface area contributed by atoms with Crippen LogP contribution in [-0.4, -0.2) is 57.0 Å². The minimum absolute atomic E-state index is 0. The van der Waals surface area contributed by atoms with E-state index in [4.69, 9.17) is 33.7 Å². The molecule has 0 spiro atoms. The summed E-state index contributed by atoms with van der Waals surface area (Å²) in [6, 6.07) is 4.36. The molecule has 1 saturated heterocycles. The van der Waals surface area contributed by atoms with Crippen LogP contribution < -0.4 is 5.73 Å². The first-order chi connectivity index (χ1) is 11.2. The predicted octanol–water partition coefficient (Wildman–Crippen LogP) is 2.08. The number of hydrogen-bond donors (Lipinski definition) is 1. The zero-order valence-corrected chi connectivity index (χ0v) is 16.8. The van der Waals surface area contributed by atoms with Crippen LogP contribution in [0.3, 0.4) is 0 Å². The Labute approximate surface area is 163 Å². The number of halogens is 3. The van der Waals surface area contributed by atoms with E-state index >= 15 is 0 Å². The Kier molecular flexibility index (Phi) is 8.44. The first kappa shape index (κ1) is 22.5. The number of benzene rings is 1. The second-order valence-electron chi connectivity index (χ2n) is 5.84. The van der Waals surface area contributed by atoms with E-state index in [9.17, 15) is 13.2 Å². The summed E-state index contributed by atoms with van der Waals surface area (Å²) in [6.45, 7) is 1.13. The van der Waals surface area contributed by atoms with Crippen molar-refractivity contribution in [3.05, 3.63) is 33.8 Å². The minimum atomic E-state index is -3.15. The third kappa shape index (κ3) is 6.58. The van der Waals surface area contributed by atoms with Crippen molar-refractivity contribution in [2.75, 3.05) is 31.7 Å². The molecule has 0 aromatic heterocycles. The van der Waals surface area contributed by atoms with Crippen LogP contribution in [0.2, 0.25) is 10.0 Å². The van der Waals surface area contributed by atoms with Gasteiger partial charge in [0.1, 0.15) is 15.9 Å². The third-order valence-electron chi connectivity index (χ3n) is 3.81. The fourth-order valence-corrected chi connectivity index (χ4v) is 3.45. The average Bonchev–Trinajstić information content (AvgIpc) is 2.54. The van der Waals surface area contributed by atoms with E-state index in [2.05, 4.69) is 0 Å². The lowest BCUT2D eigenvalue weighted by molar-refractivity contribution is -0.140. The number of sulfone groups is 1. The SMILES string of the molecule is CS(=O)(=O)CCC(N)C(=O)N1CCOC(c2ccc(Cl)c(Cl)c2)C1.Cl. The summed E-state index contributed by atoms with van der Waals surface area (Å²) in [5, 5.41) is 0.873. The van der Waals surface area contributed by atoms with Gasteiger partial charge in [-0.1, -0.05) is 29.3 Å². The molecular weight excluding hydrogens is 411 g/mol. The molecule has 1 amide bonds. The molecule has 2 unspecified atom stereocenters. The maximum Gasteiger partial charge on any atom is 0.239 e. The summed E-state index contributed by atoms with van der Waals surface area (Å²) in [6.07, 6.45) is 0.908. The van der Waals surface area contributed by atoms with E-state index in [1.54, 1.807) is 23.1 Å². The van der Waals surface area contributed by atoms with Gasteiger partial charge in [0, 0.05) is 12.8 Å². The summed E-state index contributed by atoms with van der Waals surface area (Å²) in [5.74, 6) is -0.382. The highest BCUT2D eigenvalue weighted by Crippen LogP contribution is 2.29. The highest BCUT2D eigenvalue weighted by Gasteiger charge is 2.29. The number of carbonyl (C=O) groups is 1. The van der Waals surface area contributed by atoms with E-state index in [1.807, 2.05) is 0 Å². The van der Waals surface area contributed by atoms with Crippen molar-refractivity contribution in [3.8, 4) is 0 Å². The second-order valence-corrected chi connectivity index (χ2v) is 8.92. The Morgan fingerprint density at radius 3 is 2.68 bits per heavy atom. The zero-order chi connectivity index (χ0) is 17.9. The molecule has 142 valence electrons. The molecule has 0 bridgehead atoms. The molecule has 10 heteroatoms. The lowest BCUT2D eigenvalue weighted by Gasteiger charge is -2.34. The maximum absolute atomic E-state index is 12.4. The van der Waals surface area contributed by atoms with Crippen molar-refractivity contribution >= 4 is 51.4 Å². The van der Waals surface area contributed by atoms with Gasteiger partial charge >= 0.3 is 0 Å². The zero-order valence-electron chi connectivity index (χ0n) is 13.7. The first-order valence-electron chi connectivity index (χ1n) is 7.46. The van der Waals surface area contributed by atoms with Crippen molar-refractivity contribution in [1.82, 2.24) is 4.90 Å². The molecule has 1 aliphatic heterocycles. The Morgan fingerprint density at radius 1 is 1.40 bits per heavy atom. The monoisotopic (exact) mass is 430 g/mol. The van der Waals surface area contributed by atoms with Crippen molar-refractivity contribution in [2.45, 2.75) is 18.6 Å². The topological polar surface area (TPSA) is 89.7 Å². The van der Waals surface area contributed by atoms with Crippen LogP contribution in [0.15, 0.2) is 18.2 Å².